The monoisotopic (exact) mass is 327 g/mol. The first kappa shape index (κ1) is 13.8. The molecule has 0 aliphatic rings. The molecule has 2 rings (SSSR count). The Morgan fingerprint density at radius 1 is 1.50 bits per heavy atom. The Morgan fingerprint density at radius 3 is 3.00 bits per heavy atom. The molecule has 0 bridgehead atoms. The normalized spacial score (nSPS) is 11.3. The van der Waals surface area contributed by atoms with Crippen LogP contribution in [0, 0.1) is 5.92 Å². The fourth-order valence-corrected chi connectivity index (χ4v) is 3.13. The molecule has 5 heteroatoms. The zero-order chi connectivity index (χ0) is 13.0. The molecule has 0 atom stereocenters. The maximum atomic E-state index is 4.39. The van der Waals surface area contributed by atoms with Gasteiger partial charge in [-0.25, -0.2) is 0 Å². The van der Waals surface area contributed by atoms with Crippen LogP contribution in [0.2, 0.25) is 0 Å². The molecule has 2 aromatic rings. The number of thiophene rings is 1. The molecule has 0 aliphatic carbocycles. The van der Waals surface area contributed by atoms with Gasteiger partial charge in [-0.15, -0.1) is 11.3 Å². The predicted octanol–water partition coefficient (Wildman–Crippen LogP) is 3.50. The molecule has 0 amide bonds. The van der Waals surface area contributed by atoms with Gasteiger partial charge in [0.25, 0.3) is 0 Å². The lowest BCUT2D eigenvalue weighted by atomic mass is 10.2. The maximum Gasteiger partial charge on any atom is 0.0752 e. The molecule has 0 aliphatic heterocycles. The van der Waals surface area contributed by atoms with Crippen molar-refractivity contribution in [2.45, 2.75) is 26.9 Å². The lowest BCUT2D eigenvalue weighted by molar-refractivity contribution is 0.552. The second-order valence-electron chi connectivity index (χ2n) is 4.80. The Balaban J connectivity index is 1.86. The van der Waals surface area contributed by atoms with Crippen LogP contribution in [-0.4, -0.2) is 16.3 Å². The Bertz CT molecular complexity index is 490. The van der Waals surface area contributed by atoms with Crippen LogP contribution in [0.1, 0.15) is 24.3 Å². The van der Waals surface area contributed by atoms with Gasteiger partial charge in [0.2, 0.25) is 0 Å². The van der Waals surface area contributed by atoms with E-state index in [1.54, 1.807) is 11.3 Å². The SMILES string of the molecule is CC(C)CNCc1cnn(Cc2cc(Br)cs2)c1. The third-order valence-electron chi connectivity index (χ3n) is 2.51. The fraction of sp³-hybridized carbons (Fsp3) is 0.462. The topological polar surface area (TPSA) is 29.9 Å². The zero-order valence-corrected chi connectivity index (χ0v) is 13.1. The van der Waals surface area contributed by atoms with Crippen molar-refractivity contribution in [3.63, 3.8) is 0 Å². The van der Waals surface area contributed by atoms with Gasteiger partial charge in [-0.05, 0) is 34.5 Å². The van der Waals surface area contributed by atoms with Crippen molar-refractivity contribution in [1.82, 2.24) is 15.1 Å². The third-order valence-corrected chi connectivity index (χ3v) is 4.19. The molecule has 0 fully saturated rings. The number of nitrogens with zero attached hydrogens (tertiary/aromatic N) is 2. The summed E-state index contributed by atoms with van der Waals surface area (Å²) in [7, 11) is 0. The number of halogens is 1. The van der Waals surface area contributed by atoms with Crippen LogP contribution in [0.15, 0.2) is 28.3 Å². The van der Waals surface area contributed by atoms with Crippen LogP contribution in [0.5, 0.6) is 0 Å². The van der Waals surface area contributed by atoms with E-state index in [0.717, 1.165) is 24.1 Å². The Kier molecular flexibility index (Phi) is 4.97. The summed E-state index contributed by atoms with van der Waals surface area (Å²) in [5.74, 6) is 0.684. The molecule has 98 valence electrons. The Hall–Kier alpha value is -0.650. The van der Waals surface area contributed by atoms with Crippen molar-refractivity contribution in [3.05, 3.63) is 38.8 Å². The largest absolute Gasteiger partial charge is 0.312 e. The van der Waals surface area contributed by atoms with Crippen LogP contribution < -0.4 is 5.32 Å². The minimum Gasteiger partial charge on any atom is -0.312 e. The summed E-state index contributed by atoms with van der Waals surface area (Å²) in [6, 6.07) is 2.14. The maximum absolute atomic E-state index is 4.39. The minimum absolute atomic E-state index is 0.684. The lowest BCUT2D eigenvalue weighted by Gasteiger charge is -2.05. The molecule has 0 radical (unpaired) electrons. The van der Waals surface area contributed by atoms with Crippen molar-refractivity contribution in [3.8, 4) is 0 Å². The van der Waals surface area contributed by atoms with Gasteiger partial charge in [-0.3, -0.25) is 4.68 Å². The molecule has 0 saturated heterocycles. The number of hydrogen-bond acceptors (Lipinski definition) is 3. The van der Waals surface area contributed by atoms with E-state index in [1.807, 2.05) is 10.9 Å². The van der Waals surface area contributed by atoms with E-state index in [2.05, 4.69) is 57.8 Å². The van der Waals surface area contributed by atoms with Crippen molar-refractivity contribution in [2.24, 2.45) is 5.92 Å². The quantitative estimate of drug-likeness (QED) is 0.879. The number of aromatic nitrogens is 2. The summed E-state index contributed by atoms with van der Waals surface area (Å²) >= 11 is 5.22. The molecule has 18 heavy (non-hydrogen) atoms. The first-order valence-electron chi connectivity index (χ1n) is 6.08. The zero-order valence-electron chi connectivity index (χ0n) is 10.7. The molecule has 0 spiro atoms. The van der Waals surface area contributed by atoms with Crippen molar-refractivity contribution < 1.29 is 0 Å². The van der Waals surface area contributed by atoms with Crippen LogP contribution in [0.25, 0.3) is 0 Å². The number of hydrogen-bond donors (Lipinski definition) is 1. The van der Waals surface area contributed by atoms with E-state index < -0.39 is 0 Å². The predicted molar refractivity (Wildman–Crippen MR) is 79.9 cm³/mol. The van der Waals surface area contributed by atoms with Crippen LogP contribution in [0.3, 0.4) is 0 Å². The highest BCUT2D eigenvalue weighted by Crippen LogP contribution is 2.20. The molecule has 0 saturated carbocycles. The van der Waals surface area contributed by atoms with Crippen molar-refractivity contribution in [2.75, 3.05) is 6.54 Å². The molecule has 2 aromatic heterocycles. The lowest BCUT2D eigenvalue weighted by Crippen LogP contribution is -2.18. The highest BCUT2D eigenvalue weighted by molar-refractivity contribution is 9.10. The smallest absolute Gasteiger partial charge is 0.0752 e. The molecular weight excluding hydrogens is 310 g/mol. The fourth-order valence-electron chi connectivity index (χ4n) is 1.69. The minimum atomic E-state index is 0.684. The number of nitrogens with one attached hydrogen (secondary N) is 1. The van der Waals surface area contributed by atoms with E-state index in [0.29, 0.717) is 5.92 Å². The van der Waals surface area contributed by atoms with Gasteiger partial charge in [0.05, 0.1) is 12.7 Å². The van der Waals surface area contributed by atoms with E-state index in [4.69, 9.17) is 0 Å². The molecular formula is C13H18BrN3S. The van der Waals surface area contributed by atoms with Gasteiger partial charge >= 0.3 is 0 Å². The van der Waals surface area contributed by atoms with Gasteiger partial charge in [0, 0.05) is 33.0 Å². The van der Waals surface area contributed by atoms with Crippen LogP contribution in [-0.2, 0) is 13.1 Å². The van der Waals surface area contributed by atoms with E-state index in [1.165, 1.54) is 10.4 Å². The summed E-state index contributed by atoms with van der Waals surface area (Å²) in [5.41, 5.74) is 1.24. The second-order valence-corrected chi connectivity index (χ2v) is 6.71. The van der Waals surface area contributed by atoms with Crippen LogP contribution in [0.4, 0.5) is 0 Å². The molecule has 0 aromatic carbocycles. The van der Waals surface area contributed by atoms with E-state index in [9.17, 15) is 0 Å². The molecule has 2 heterocycles. The standard InChI is InChI=1S/C13H18BrN3S/c1-10(2)4-15-5-11-6-16-17(7-11)8-13-3-12(14)9-18-13/h3,6-7,9-10,15H,4-5,8H2,1-2H3. The first-order chi connectivity index (χ1) is 8.63. The summed E-state index contributed by atoms with van der Waals surface area (Å²) < 4.78 is 3.14. The van der Waals surface area contributed by atoms with Gasteiger partial charge < -0.3 is 5.32 Å². The second kappa shape index (κ2) is 6.50. The van der Waals surface area contributed by atoms with E-state index >= 15 is 0 Å². The van der Waals surface area contributed by atoms with Crippen molar-refractivity contribution >= 4 is 27.3 Å². The number of rotatable bonds is 6. The molecule has 0 unspecified atom stereocenters. The molecule has 1 N–H and O–H groups in total. The van der Waals surface area contributed by atoms with Gasteiger partial charge in [0.1, 0.15) is 0 Å². The Labute approximate surface area is 120 Å². The van der Waals surface area contributed by atoms with E-state index in [-0.39, 0.29) is 0 Å². The first-order valence-corrected chi connectivity index (χ1v) is 7.75. The summed E-state index contributed by atoms with van der Waals surface area (Å²) in [6.45, 7) is 7.21. The Morgan fingerprint density at radius 2 is 2.33 bits per heavy atom. The highest BCUT2D eigenvalue weighted by atomic mass is 79.9. The average molecular weight is 328 g/mol. The highest BCUT2D eigenvalue weighted by Gasteiger charge is 2.02. The van der Waals surface area contributed by atoms with Crippen LogP contribution >= 0.6 is 27.3 Å². The summed E-state index contributed by atoms with van der Waals surface area (Å²) in [4.78, 5) is 1.31. The summed E-state index contributed by atoms with van der Waals surface area (Å²) in [6.07, 6.45) is 4.05. The summed E-state index contributed by atoms with van der Waals surface area (Å²) in [5, 5.41) is 9.91. The molecule has 3 nitrogen and oxygen atoms in total. The van der Waals surface area contributed by atoms with Gasteiger partial charge in [-0.2, -0.15) is 5.10 Å². The average Bonchev–Trinajstić information content (AvgIpc) is 2.89. The van der Waals surface area contributed by atoms with Crippen molar-refractivity contribution in [1.29, 1.82) is 0 Å². The van der Waals surface area contributed by atoms with Gasteiger partial charge in [-0.1, -0.05) is 13.8 Å². The third kappa shape index (κ3) is 4.23. The van der Waals surface area contributed by atoms with Gasteiger partial charge in [0.15, 0.2) is 0 Å².